The van der Waals surface area contributed by atoms with E-state index in [2.05, 4.69) is 17.4 Å². The van der Waals surface area contributed by atoms with Gasteiger partial charge in [-0.05, 0) is 11.1 Å². The summed E-state index contributed by atoms with van der Waals surface area (Å²) in [6.45, 7) is 2.18. The Kier molecular flexibility index (Phi) is 1.61. The van der Waals surface area contributed by atoms with E-state index in [1.54, 1.807) is 0 Å². The van der Waals surface area contributed by atoms with Crippen molar-refractivity contribution in [3.63, 3.8) is 0 Å². The molecule has 1 atom stereocenters. The van der Waals surface area contributed by atoms with Gasteiger partial charge >= 0.3 is 0 Å². The summed E-state index contributed by atoms with van der Waals surface area (Å²) in [4.78, 5) is 13.6. The molecule has 3 rings (SSSR count). The van der Waals surface area contributed by atoms with E-state index < -0.39 is 0 Å². The van der Waals surface area contributed by atoms with Crippen LogP contribution < -0.4 is 5.32 Å². The Morgan fingerprint density at radius 2 is 2.21 bits per heavy atom. The third kappa shape index (κ3) is 0.990. The Hall–Kier alpha value is -1.35. The fourth-order valence-corrected chi connectivity index (χ4v) is 2.36. The molecule has 14 heavy (non-hydrogen) atoms. The first-order chi connectivity index (χ1) is 6.86. The lowest BCUT2D eigenvalue weighted by atomic mass is 10.0. The molecule has 0 aromatic heterocycles. The van der Waals surface area contributed by atoms with Crippen LogP contribution in [-0.4, -0.2) is 23.9 Å². The largest absolute Gasteiger partial charge is 0.329 e. The summed E-state index contributed by atoms with van der Waals surface area (Å²) in [7, 11) is 0. The first kappa shape index (κ1) is 8.00. The molecule has 0 bridgehead atoms. The lowest BCUT2D eigenvalue weighted by Crippen LogP contribution is -2.46. The van der Waals surface area contributed by atoms with E-state index in [1.165, 1.54) is 11.1 Å². The highest BCUT2D eigenvalue weighted by Gasteiger charge is 2.35. The molecule has 2 heterocycles. The second-order valence-corrected chi connectivity index (χ2v) is 3.87. The van der Waals surface area contributed by atoms with Gasteiger partial charge in [0.1, 0.15) is 0 Å². The molecule has 1 amide bonds. The Morgan fingerprint density at radius 1 is 1.36 bits per heavy atom. The van der Waals surface area contributed by atoms with E-state index in [9.17, 15) is 4.79 Å². The predicted molar refractivity (Wildman–Crippen MR) is 52.6 cm³/mol. The highest BCUT2D eigenvalue weighted by molar-refractivity contribution is 5.80. The second kappa shape index (κ2) is 2.82. The van der Waals surface area contributed by atoms with Gasteiger partial charge in [-0.25, -0.2) is 0 Å². The van der Waals surface area contributed by atoms with Crippen molar-refractivity contribution in [1.29, 1.82) is 0 Å². The van der Waals surface area contributed by atoms with Crippen LogP contribution in [0.5, 0.6) is 0 Å². The molecule has 2 aliphatic heterocycles. The van der Waals surface area contributed by atoms with E-state index in [1.807, 2.05) is 17.0 Å². The van der Waals surface area contributed by atoms with Gasteiger partial charge in [-0.15, -0.1) is 0 Å². The average Bonchev–Trinajstić information content (AvgIpc) is 2.59. The fourth-order valence-electron chi connectivity index (χ4n) is 2.36. The highest BCUT2D eigenvalue weighted by Crippen LogP contribution is 2.34. The molecule has 0 radical (unpaired) electrons. The fraction of sp³-hybridized carbons (Fsp3) is 0.364. The van der Waals surface area contributed by atoms with Gasteiger partial charge in [-0.2, -0.15) is 0 Å². The van der Waals surface area contributed by atoms with Gasteiger partial charge in [0.25, 0.3) is 0 Å². The summed E-state index contributed by atoms with van der Waals surface area (Å²) < 4.78 is 0. The van der Waals surface area contributed by atoms with Gasteiger partial charge in [0.05, 0.1) is 12.6 Å². The van der Waals surface area contributed by atoms with Crippen LogP contribution in [0.25, 0.3) is 0 Å². The topological polar surface area (TPSA) is 32.3 Å². The second-order valence-electron chi connectivity index (χ2n) is 3.87. The summed E-state index contributed by atoms with van der Waals surface area (Å²) in [5.74, 6) is 0.220. The summed E-state index contributed by atoms with van der Waals surface area (Å²) in [5, 5.41) is 3.16. The van der Waals surface area contributed by atoms with Crippen LogP contribution in [0.3, 0.4) is 0 Å². The van der Waals surface area contributed by atoms with Crippen molar-refractivity contribution in [3.05, 3.63) is 35.4 Å². The van der Waals surface area contributed by atoms with E-state index in [4.69, 9.17) is 0 Å². The number of hydrogen-bond donors (Lipinski definition) is 1. The number of nitrogens with one attached hydrogen (secondary N) is 1. The lowest BCUT2D eigenvalue weighted by molar-refractivity contribution is -0.134. The van der Waals surface area contributed by atoms with Gasteiger partial charge in [0, 0.05) is 13.1 Å². The van der Waals surface area contributed by atoms with Crippen LogP contribution in [-0.2, 0) is 11.3 Å². The Bertz CT molecular complexity index is 389. The maximum atomic E-state index is 11.6. The molecule has 0 aliphatic carbocycles. The summed E-state index contributed by atoms with van der Waals surface area (Å²) in [6, 6.07) is 8.59. The van der Waals surface area contributed by atoms with Crippen molar-refractivity contribution in [1.82, 2.24) is 10.2 Å². The molecule has 0 saturated carbocycles. The molecule has 3 nitrogen and oxygen atoms in total. The molecule has 1 saturated heterocycles. The number of piperazine rings is 1. The van der Waals surface area contributed by atoms with Crippen molar-refractivity contribution < 1.29 is 4.79 Å². The number of carbonyl (C=O) groups excluding carboxylic acids is 1. The number of amides is 1. The third-order valence-electron chi connectivity index (χ3n) is 3.07. The van der Waals surface area contributed by atoms with Crippen molar-refractivity contribution in [3.8, 4) is 0 Å². The number of rotatable bonds is 0. The summed E-state index contributed by atoms with van der Waals surface area (Å²) in [6.07, 6.45) is 0. The number of benzene rings is 1. The van der Waals surface area contributed by atoms with Crippen LogP contribution in [0.4, 0.5) is 0 Å². The molecule has 2 aliphatic rings. The van der Waals surface area contributed by atoms with E-state index >= 15 is 0 Å². The number of hydrogen-bond acceptors (Lipinski definition) is 2. The van der Waals surface area contributed by atoms with Crippen LogP contribution >= 0.6 is 0 Å². The maximum Gasteiger partial charge on any atom is 0.237 e. The molecule has 72 valence electrons. The normalized spacial score (nSPS) is 24.7. The van der Waals surface area contributed by atoms with Gasteiger partial charge in [-0.1, -0.05) is 24.3 Å². The Labute approximate surface area is 82.7 Å². The standard InChI is InChI=1S/C11H12N2O/c14-11-6-12-5-10-9-4-2-1-3-8(9)7-13(10)11/h1-4,10,12H,5-7H2. The van der Waals surface area contributed by atoms with E-state index in [-0.39, 0.29) is 11.9 Å². The molecule has 0 spiro atoms. The van der Waals surface area contributed by atoms with Crippen molar-refractivity contribution in [2.24, 2.45) is 0 Å². The predicted octanol–water partition coefficient (Wildman–Crippen LogP) is 0.673. The first-order valence-electron chi connectivity index (χ1n) is 4.94. The minimum atomic E-state index is 0.220. The molecule has 3 heteroatoms. The zero-order valence-corrected chi connectivity index (χ0v) is 7.86. The van der Waals surface area contributed by atoms with Crippen LogP contribution in [0.15, 0.2) is 24.3 Å². The average molecular weight is 188 g/mol. The van der Waals surface area contributed by atoms with Crippen molar-refractivity contribution in [2.75, 3.05) is 13.1 Å². The van der Waals surface area contributed by atoms with E-state index in [0.717, 1.165) is 13.1 Å². The molecule has 1 fully saturated rings. The minimum absolute atomic E-state index is 0.220. The highest BCUT2D eigenvalue weighted by atomic mass is 16.2. The smallest absolute Gasteiger partial charge is 0.237 e. The lowest BCUT2D eigenvalue weighted by Gasteiger charge is -2.30. The monoisotopic (exact) mass is 188 g/mol. The van der Waals surface area contributed by atoms with Gasteiger partial charge in [-0.3, -0.25) is 4.79 Å². The minimum Gasteiger partial charge on any atom is -0.329 e. The maximum absolute atomic E-state index is 11.6. The molecule has 1 aromatic rings. The molecule has 1 aromatic carbocycles. The molecular weight excluding hydrogens is 176 g/mol. The number of nitrogens with zero attached hydrogens (tertiary/aromatic N) is 1. The Morgan fingerprint density at radius 3 is 3.14 bits per heavy atom. The zero-order chi connectivity index (χ0) is 9.54. The Balaban J connectivity index is 2.04. The first-order valence-corrected chi connectivity index (χ1v) is 4.94. The molecule has 1 unspecified atom stereocenters. The van der Waals surface area contributed by atoms with Crippen molar-refractivity contribution >= 4 is 5.91 Å². The molecular formula is C11H12N2O. The van der Waals surface area contributed by atoms with Gasteiger partial charge in [0.2, 0.25) is 5.91 Å². The zero-order valence-electron chi connectivity index (χ0n) is 7.86. The quantitative estimate of drug-likeness (QED) is 0.649. The number of carbonyl (C=O) groups is 1. The third-order valence-corrected chi connectivity index (χ3v) is 3.07. The van der Waals surface area contributed by atoms with Crippen molar-refractivity contribution in [2.45, 2.75) is 12.6 Å². The van der Waals surface area contributed by atoms with Crippen LogP contribution in [0, 0.1) is 0 Å². The van der Waals surface area contributed by atoms with E-state index in [0.29, 0.717) is 6.54 Å². The molecule has 1 N–H and O–H groups in total. The SMILES string of the molecule is O=C1CNCC2c3ccccc3CN12. The summed E-state index contributed by atoms with van der Waals surface area (Å²) >= 11 is 0. The van der Waals surface area contributed by atoms with Gasteiger partial charge < -0.3 is 10.2 Å². The van der Waals surface area contributed by atoms with Gasteiger partial charge in [0.15, 0.2) is 0 Å². The number of fused-ring (bicyclic) bond motifs is 3. The summed E-state index contributed by atoms with van der Waals surface area (Å²) in [5.41, 5.74) is 2.61. The van der Waals surface area contributed by atoms with Crippen LogP contribution in [0.2, 0.25) is 0 Å². The van der Waals surface area contributed by atoms with Crippen LogP contribution in [0.1, 0.15) is 17.2 Å².